The van der Waals surface area contributed by atoms with Crippen LogP contribution >= 0.6 is 0 Å². The smallest absolute Gasteiger partial charge is 0.244 e. The van der Waals surface area contributed by atoms with Gasteiger partial charge in [0.2, 0.25) is 5.91 Å². The molecule has 0 spiro atoms. The Bertz CT molecular complexity index is 337. The van der Waals surface area contributed by atoms with Crippen molar-refractivity contribution >= 4 is 5.91 Å². The SMILES string of the molecule is CCCCN(CC)C(=O)[C@H](N)c1ccccc1. The van der Waals surface area contributed by atoms with Crippen LogP contribution in [-0.2, 0) is 4.79 Å². The molecule has 0 fully saturated rings. The zero-order valence-corrected chi connectivity index (χ0v) is 10.7. The summed E-state index contributed by atoms with van der Waals surface area (Å²) in [7, 11) is 0. The molecule has 3 nitrogen and oxygen atoms in total. The first-order chi connectivity index (χ1) is 8.20. The van der Waals surface area contributed by atoms with Crippen LogP contribution in [0.1, 0.15) is 38.3 Å². The zero-order chi connectivity index (χ0) is 12.7. The summed E-state index contributed by atoms with van der Waals surface area (Å²) in [6, 6.07) is 9.00. The van der Waals surface area contributed by atoms with Gasteiger partial charge in [0.1, 0.15) is 6.04 Å². The van der Waals surface area contributed by atoms with Gasteiger partial charge in [-0.3, -0.25) is 4.79 Å². The van der Waals surface area contributed by atoms with Crippen LogP contribution < -0.4 is 5.73 Å². The fourth-order valence-corrected chi connectivity index (χ4v) is 1.77. The topological polar surface area (TPSA) is 46.3 Å². The number of hydrogen-bond acceptors (Lipinski definition) is 2. The van der Waals surface area contributed by atoms with E-state index >= 15 is 0 Å². The molecule has 1 aromatic carbocycles. The molecule has 2 N–H and O–H groups in total. The minimum Gasteiger partial charge on any atom is -0.341 e. The van der Waals surface area contributed by atoms with Gasteiger partial charge in [-0.25, -0.2) is 0 Å². The van der Waals surface area contributed by atoms with Crippen LogP contribution in [0, 0.1) is 0 Å². The molecule has 1 amide bonds. The third-order valence-electron chi connectivity index (χ3n) is 2.90. The molecule has 0 saturated heterocycles. The standard InChI is InChI=1S/C14H22N2O/c1-3-5-11-16(4-2)14(17)13(15)12-9-7-6-8-10-12/h6-10,13H,3-5,11,15H2,1-2H3/t13-/m1/s1. The van der Waals surface area contributed by atoms with Crippen LogP contribution in [0.3, 0.4) is 0 Å². The molecule has 0 bridgehead atoms. The quantitative estimate of drug-likeness (QED) is 0.821. The highest BCUT2D eigenvalue weighted by molar-refractivity contribution is 5.83. The van der Waals surface area contributed by atoms with Crippen molar-refractivity contribution in [1.29, 1.82) is 0 Å². The number of carbonyl (C=O) groups is 1. The van der Waals surface area contributed by atoms with Gasteiger partial charge in [0, 0.05) is 13.1 Å². The third-order valence-corrected chi connectivity index (χ3v) is 2.90. The number of hydrogen-bond donors (Lipinski definition) is 1. The number of benzene rings is 1. The van der Waals surface area contributed by atoms with Crippen molar-refractivity contribution in [1.82, 2.24) is 4.90 Å². The van der Waals surface area contributed by atoms with Gasteiger partial charge in [0.15, 0.2) is 0 Å². The van der Waals surface area contributed by atoms with Crippen LogP contribution in [-0.4, -0.2) is 23.9 Å². The van der Waals surface area contributed by atoms with Crippen molar-refractivity contribution in [2.75, 3.05) is 13.1 Å². The van der Waals surface area contributed by atoms with Gasteiger partial charge < -0.3 is 10.6 Å². The van der Waals surface area contributed by atoms with Gasteiger partial charge in [0.25, 0.3) is 0 Å². The summed E-state index contributed by atoms with van der Waals surface area (Å²) in [4.78, 5) is 14.0. The zero-order valence-electron chi connectivity index (χ0n) is 10.7. The molecular weight excluding hydrogens is 212 g/mol. The summed E-state index contributed by atoms with van der Waals surface area (Å²) in [6.45, 7) is 5.63. The Morgan fingerprint density at radius 3 is 2.47 bits per heavy atom. The minimum absolute atomic E-state index is 0.0205. The molecule has 1 atom stereocenters. The first-order valence-corrected chi connectivity index (χ1v) is 6.30. The molecule has 3 heteroatoms. The minimum atomic E-state index is -0.534. The summed E-state index contributed by atoms with van der Waals surface area (Å²) < 4.78 is 0. The number of nitrogens with zero attached hydrogens (tertiary/aromatic N) is 1. The van der Waals surface area contributed by atoms with Gasteiger partial charge in [-0.15, -0.1) is 0 Å². The Morgan fingerprint density at radius 1 is 1.29 bits per heavy atom. The average Bonchev–Trinajstić information content (AvgIpc) is 2.39. The Kier molecular flexibility index (Phi) is 5.70. The Morgan fingerprint density at radius 2 is 1.94 bits per heavy atom. The number of carbonyl (C=O) groups excluding carboxylic acids is 1. The summed E-state index contributed by atoms with van der Waals surface area (Å²) in [5.74, 6) is 0.0205. The molecule has 0 aliphatic rings. The van der Waals surface area contributed by atoms with Gasteiger partial charge in [-0.1, -0.05) is 43.7 Å². The van der Waals surface area contributed by atoms with Crippen LogP contribution in [0.4, 0.5) is 0 Å². The normalized spacial score (nSPS) is 12.2. The lowest BCUT2D eigenvalue weighted by atomic mass is 10.1. The van der Waals surface area contributed by atoms with Crippen molar-refractivity contribution in [3.05, 3.63) is 35.9 Å². The monoisotopic (exact) mass is 234 g/mol. The molecule has 0 radical (unpaired) electrons. The highest BCUT2D eigenvalue weighted by Gasteiger charge is 2.20. The van der Waals surface area contributed by atoms with Crippen LogP contribution in [0.2, 0.25) is 0 Å². The van der Waals surface area contributed by atoms with Crippen molar-refractivity contribution in [2.24, 2.45) is 5.73 Å². The summed E-state index contributed by atoms with van der Waals surface area (Å²) in [6.07, 6.45) is 2.12. The van der Waals surface area contributed by atoms with Crippen molar-refractivity contribution < 1.29 is 4.79 Å². The van der Waals surface area contributed by atoms with E-state index in [0.717, 1.165) is 31.5 Å². The summed E-state index contributed by atoms with van der Waals surface area (Å²) in [5, 5.41) is 0. The fraction of sp³-hybridized carbons (Fsp3) is 0.500. The Hall–Kier alpha value is -1.35. The predicted molar refractivity (Wildman–Crippen MR) is 70.5 cm³/mol. The van der Waals surface area contributed by atoms with E-state index in [0.29, 0.717) is 0 Å². The number of nitrogens with two attached hydrogens (primary N) is 1. The maximum atomic E-state index is 12.2. The molecule has 0 unspecified atom stereocenters. The predicted octanol–water partition coefficient (Wildman–Crippen LogP) is 2.34. The third kappa shape index (κ3) is 3.86. The van der Waals surface area contributed by atoms with E-state index < -0.39 is 6.04 Å². The maximum Gasteiger partial charge on any atom is 0.244 e. The second-order valence-electron chi connectivity index (χ2n) is 4.16. The van der Waals surface area contributed by atoms with Gasteiger partial charge >= 0.3 is 0 Å². The molecule has 17 heavy (non-hydrogen) atoms. The van der Waals surface area contributed by atoms with Gasteiger partial charge in [-0.05, 0) is 18.9 Å². The highest BCUT2D eigenvalue weighted by atomic mass is 16.2. The van der Waals surface area contributed by atoms with Gasteiger partial charge in [0.05, 0.1) is 0 Å². The van der Waals surface area contributed by atoms with Gasteiger partial charge in [-0.2, -0.15) is 0 Å². The fourth-order valence-electron chi connectivity index (χ4n) is 1.77. The number of likely N-dealkylation sites (N-methyl/N-ethyl adjacent to an activating group) is 1. The van der Waals surface area contributed by atoms with Crippen molar-refractivity contribution in [3.8, 4) is 0 Å². The van der Waals surface area contributed by atoms with E-state index in [1.165, 1.54) is 0 Å². The molecule has 94 valence electrons. The molecule has 1 rings (SSSR count). The molecule has 0 aliphatic carbocycles. The first-order valence-electron chi connectivity index (χ1n) is 6.30. The summed E-state index contributed by atoms with van der Waals surface area (Å²) in [5.41, 5.74) is 6.88. The Labute approximate surface area is 104 Å². The largest absolute Gasteiger partial charge is 0.341 e. The molecular formula is C14H22N2O. The lowest BCUT2D eigenvalue weighted by Gasteiger charge is -2.24. The number of rotatable bonds is 6. The Balaban J connectivity index is 2.67. The molecule has 0 aromatic heterocycles. The maximum absolute atomic E-state index is 12.2. The van der Waals surface area contributed by atoms with E-state index in [-0.39, 0.29) is 5.91 Å². The molecule has 1 aromatic rings. The van der Waals surface area contributed by atoms with E-state index in [9.17, 15) is 4.79 Å². The van der Waals surface area contributed by atoms with Crippen LogP contribution in [0.15, 0.2) is 30.3 Å². The van der Waals surface area contributed by atoms with E-state index in [1.807, 2.05) is 42.2 Å². The van der Waals surface area contributed by atoms with E-state index in [1.54, 1.807) is 0 Å². The van der Waals surface area contributed by atoms with E-state index in [2.05, 4.69) is 6.92 Å². The second kappa shape index (κ2) is 7.07. The van der Waals surface area contributed by atoms with Crippen molar-refractivity contribution in [2.45, 2.75) is 32.7 Å². The van der Waals surface area contributed by atoms with Crippen molar-refractivity contribution in [3.63, 3.8) is 0 Å². The lowest BCUT2D eigenvalue weighted by molar-refractivity contribution is -0.132. The highest BCUT2D eigenvalue weighted by Crippen LogP contribution is 2.13. The van der Waals surface area contributed by atoms with Crippen LogP contribution in [0.5, 0.6) is 0 Å². The molecule has 0 saturated carbocycles. The average molecular weight is 234 g/mol. The van der Waals surface area contributed by atoms with E-state index in [4.69, 9.17) is 5.73 Å². The second-order valence-corrected chi connectivity index (χ2v) is 4.16. The number of unbranched alkanes of at least 4 members (excludes halogenated alkanes) is 1. The first kappa shape index (κ1) is 13.7. The lowest BCUT2D eigenvalue weighted by Crippen LogP contribution is -2.39. The number of amides is 1. The van der Waals surface area contributed by atoms with Crippen LogP contribution in [0.25, 0.3) is 0 Å². The summed E-state index contributed by atoms with van der Waals surface area (Å²) >= 11 is 0. The molecule has 0 heterocycles. The molecule has 0 aliphatic heterocycles.